The number of carbonyl (C=O) groups excluding carboxylic acids is 3. The molecule has 0 aromatic rings. The molecule has 0 unspecified atom stereocenters. The fourth-order valence-electron chi connectivity index (χ4n) is 2.52. The van der Waals surface area contributed by atoms with E-state index >= 15 is 0 Å². The van der Waals surface area contributed by atoms with E-state index in [1.807, 2.05) is 0 Å². The van der Waals surface area contributed by atoms with Gasteiger partial charge in [0, 0.05) is 12.8 Å². The summed E-state index contributed by atoms with van der Waals surface area (Å²) in [5.74, 6) is -0.723. The van der Waals surface area contributed by atoms with Crippen LogP contribution < -0.4 is 10.6 Å². The Labute approximate surface area is 127 Å². The first-order valence-electron chi connectivity index (χ1n) is 8.26. The van der Waals surface area contributed by atoms with Crippen molar-refractivity contribution in [2.75, 3.05) is 0 Å². The molecule has 5 heteroatoms. The normalized spacial score (nSPS) is 18.4. The van der Waals surface area contributed by atoms with Crippen LogP contribution in [0.25, 0.3) is 0 Å². The molecule has 0 saturated carbocycles. The summed E-state index contributed by atoms with van der Waals surface area (Å²) in [6.07, 6.45) is 10.7. The van der Waals surface area contributed by atoms with Crippen molar-refractivity contribution in [2.45, 2.75) is 83.6 Å². The highest BCUT2D eigenvalue weighted by Gasteiger charge is 2.27. The molecular weight excluding hydrogens is 268 g/mol. The van der Waals surface area contributed by atoms with Crippen molar-refractivity contribution >= 4 is 17.7 Å². The third-order valence-corrected chi connectivity index (χ3v) is 3.83. The highest BCUT2D eigenvalue weighted by atomic mass is 16.2. The Kier molecular flexibility index (Phi) is 8.71. The zero-order valence-electron chi connectivity index (χ0n) is 13.1. The minimum absolute atomic E-state index is 0.0875. The third-order valence-electron chi connectivity index (χ3n) is 3.83. The van der Waals surface area contributed by atoms with Crippen molar-refractivity contribution in [3.8, 4) is 0 Å². The van der Waals surface area contributed by atoms with Gasteiger partial charge in [-0.25, -0.2) is 0 Å². The number of piperidine rings is 1. The summed E-state index contributed by atoms with van der Waals surface area (Å²) in [5.41, 5.74) is 0. The fourth-order valence-corrected chi connectivity index (χ4v) is 2.52. The van der Waals surface area contributed by atoms with E-state index < -0.39 is 6.04 Å². The standard InChI is InChI=1S/C16H28N2O3/c1-2-3-4-5-6-7-8-9-10-14(19)17-13-11-12-15(20)18-16(13)21/h13H,2-12H2,1H3,(H,17,19)(H,18,20,21)/t13-/m0/s1. The summed E-state index contributed by atoms with van der Waals surface area (Å²) in [6.45, 7) is 2.21. The van der Waals surface area contributed by atoms with E-state index in [0.717, 1.165) is 12.8 Å². The van der Waals surface area contributed by atoms with Crippen molar-refractivity contribution in [1.82, 2.24) is 10.6 Å². The molecule has 1 aliphatic rings. The van der Waals surface area contributed by atoms with Gasteiger partial charge in [-0.15, -0.1) is 0 Å². The largest absolute Gasteiger partial charge is 0.344 e. The maximum Gasteiger partial charge on any atom is 0.249 e. The van der Waals surface area contributed by atoms with E-state index in [0.29, 0.717) is 19.3 Å². The summed E-state index contributed by atoms with van der Waals surface area (Å²) in [6, 6.07) is -0.538. The maximum absolute atomic E-state index is 11.7. The highest BCUT2D eigenvalue weighted by molar-refractivity contribution is 6.01. The molecule has 1 atom stereocenters. The van der Waals surface area contributed by atoms with Gasteiger partial charge in [-0.1, -0.05) is 51.9 Å². The molecule has 1 aliphatic heterocycles. The van der Waals surface area contributed by atoms with E-state index in [1.54, 1.807) is 0 Å². The maximum atomic E-state index is 11.7. The van der Waals surface area contributed by atoms with Gasteiger partial charge in [0.2, 0.25) is 17.7 Å². The Morgan fingerprint density at radius 2 is 1.71 bits per heavy atom. The molecule has 1 rings (SSSR count). The molecule has 0 aromatic carbocycles. The Balaban J connectivity index is 2.01. The van der Waals surface area contributed by atoms with Crippen LogP contribution >= 0.6 is 0 Å². The second-order valence-electron chi connectivity index (χ2n) is 5.80. The van der Waals surface area contributed by atoms with Crippen molar-refractivity contribution in [3.63, 3.8) is 0 Å². The lowest BCUT2D eigenvalue weighted by Gasteiger charge is -2.21. The number of unbranched alkanes of at least 4 members (excludes halogenated alkanes) is 7. The molecule has 1 fully saturated rings. The SMILES string of the molecule is CCCCCCCCCCC(=O)N[C@H]1CCC(=O)NC1=O. The van der Waals surface area contributed by atoms with Crippen LogP contribution in [0.4, 0.5) is 0 Å². The number of rotatable bonds is 10. The molecule has 0 radical (unpaired) electrons. The zero-order valence-corrected chi connectivity index (χ0v) is 13.1. The number of nitrogens with one attached hydrogen (secondary N) is 2. The Morgan fingerprint density at radius 3 is 2.33 bits per heavy atom. The van der Waals surface area contributed by atoms with Gasteiger partial charge in [-0.05, 0) is 12.8 Å². The molecule has 0 aromatic heterocycles. The Morgan fingerprint density at radius 1 is 1.10 bits per heavy atom. The number of hydrogen-bond donors (Lipinski definition) is 2. The van der Waals surface area contributed by atoms with Gasteiger partial charge in [0.1, 0.15) is 6.04 Å². The molecule has 120 valence electrons. The van der Waals surface area contributed by atoms with Crippen molar-refractivity contribution in [1.29, 1.82) is 0 Å². The van der Waals surface area contributed by atoms with Crippen LogP contribution in [0.15, 0.2) is 0 Å². The fraction of sp³-hybridized carbons (Fsp3) is 0.812. The van der Waals surface area contributed by atoms with Crippen LogP contribution in [0, 0.1) is 0 Å². The smallest absolute Gasteiger partial charge is 0.249 e. The van der Waals surface area contributed by atoms with Crippen LogP contribution in [-0.2, 0) is 14.4 Å². The number of amides is 3. The van der Waals surface area contributed by atoms with Gasteiger partial charge in [-0.2, -0.15) is 0 Å². The molecule has 1 saturated heterocycles. The summed E-state index contributed by atoms with van der Waals surface area (Å²) in [7, 11) is 0. The van der Waals surface area contributed by atoms with E-state index in [2.05, 4.69) is 17.6 Å². The van der Waals surface area contributed by atoms with E-state index in [-0.39, 0.29) is 17.7 Å². The van der Waals surface area contributed by atoms with E-state index in [1.165, 1.54) is 38.5 Å². The molecule has 3 amide bonds. The quantitative estimate of drug-likeness (QED) is 0.480. The highest BCUT2D eigenvalue weighted by Crippen LogP contribution is 2.10. The first kappa shape index (κ1) is 17.7. The summed E-state index contributed by atoms with van der Waals surface area (Å²) < 4.78 is 0. The Bertz CT molecular complexity index is 355. The minimum atomic E-state index is -0.538. The molecule has 1 heterocycles. The lowest BCUT2D eigenvalue weighted by molar-refractivity contribution is -0.137. The predicted molar refractivity (Wildman–Crippen MR) is 81.5 cm³/mol. The van der Waals surface area contributed by atoms with Crippen molar-refractivity contribution < 1.29 is 14.4 Å². The van der Waals surface area contributed by atoms with Gasteiger partial charge in [0.25, 0.3) is 0 Å². The summed E-state index contributed by atoms with van der Waals surface area (Å²) in [4.78, 5) is 34.2. The second-order valence-corrected chi connectivity index (χ2v) is 5.80. The van der Waals surface area contributed by atoms with E-state index in [4.69, 9.17) is 0 Å². The molecular formula is C16H28N2O3. The van der Waals surface area contributed by atoms with Crippen LogP contribution in [0.3, 0.4) is 0 Å². The average molecular weight is 296 g/mol. The first-order valence-corrected chi connectivity index (χ1v) is 8.26. The lowest BCUT2D eigenvalue weighted by atomic mass is 10.0. The van der Waals surface area contributed by atoms with Gasteiger partial charge in [-0.3, -0.25) is 19.7 Å². The van der Waals surface area contributed by atoms with Crippen LogP contribution in [0.5, 0.6) is 0 Å². The molecule has 5 nitrogen and oxygen atoms in total. The zero-order chi connectivity index (χ0) is 15.5. The lowest BCUT2D eigenvalue weighted by Crippen LogP contribution is -2.52. The number of hydrogen-bond acceptors (Lipinski definition) is 3. The van der Waals surface area contributed by atoms with E-state index in [9.17, 15) is 14.4 Å². The number of carbonyl (C=O) groups is 3. The topological polar surface area (TPSA) is 75.3 Å². The van der Waals surface area contributed by atoms with Gasteiger partial charge < -0.3 is 5.32 Å². The van der Waals surface area contributed by atoms with Gasteiger partial charge >= 0.3 is 0 Å². The van der Waals surface area contributed by atoms with Gasteiger partial charge in [0.05, 0.1) is 0 Å². The molecule has 0 aliphatic carbocycles. The summed E-state index contributed by atoms with van der Waals surface area (Å²) >= 11 is 0. The summed E-state index contributed by atoms with van der Waals surface area (Å²) in [5, 5.41) is 4.95. The molecule has 0 bridgehead atoms. The van der Waals surface area contributed by atoms with Crippen LogP contribution in [0.1, 0.15) is 77.6 Å². The monoisotopic (exact) mass is 296 g/mol. The molecule has 2 N–H and O–H groups in total. The second kappa shape index (κ2) is 10.4. The van der Waals surface area contributed by atoms with Crippen molar-refractivity contribution in [3.05, 3.63) is 0 Å². The minimum Gasteiger partial charge on any atom is -0.344 e. The van der Waals surface area contributed by atoms with Gasteiger partial charge in [0.15, 0.2) is 0 Å². The van der Waals surface area contributed by atoms with Crippen molar-refractivity contribution in [2.24, 2.45) is 0 Å². The average Bonchev–Trinajstić information content (AvgIpc) is 2.45. The predicted octanol–water partition coefficient (Wildman–Crippen LogP) is 2.44. The first-order chi connectivity index (χ1) is 10.1. The van der Waals surface area contributed by atoms with Crippen LogP contribution in [-0.4, -0.2) is 23.8 Å². The Hall–Kier alpha value is -1.39. The number of imide groups is 1. The van der Waals surface area contributed by atoms with Crippen LogP contribution in [0.2, 0.25) is 0 Å². The molecule has 21 heavy (non-hydrogen) atoms. The third kappa shape index (κ3) is 7.83. The molecule has 0 spiro atoms.